The number of benzene rings is 1. The van der Waals surface area contributed by atoms with Crippen molar-refractivity contribution in [2.75, 3.05) is 25.6 Å². The van der Waals surface area contributed by atoms with E-state index in [0.717, 1.165) is 35.7 Å². The maximum Gasteiger partial charge on any atom is 0.341 e. The Morgan fingerprint density at radius 1 is 1.25 bits per heavy atom. The van der Waals surface area contributed by atoms with Crippen LogP contribution in [0.25, 0.3) is 0 Å². The highest BCUT2D eigenvalue weighted by Gasteiger charge is 2.31. The lowest BCUT2D eigenvalue weighted by Crippen LogP contribution is -3.14. The third-order valence-corrected chi connectivity index (χ3v) is 6.12. The van der Waals surface area contributed by atoms with Crippen molar-refractivity contribution in [1.29, 1.82) is 0 Å². The molecule has 28 heavy (non-hydrogen) atoms. The van der Waals surface area contributed by atoms with Crippen LogP contribution in [0.5, 0.6) is 5.75 Å². The Balaban J connectivity index is 1.68. The summed E-state index contributed by atoms with van der Waals surface area (Å²) in [6, 6.07) is 9.90. The van der Waals surface area contributed by atoms with Crippen LogP contribution in [-0.4, -0.2) is 38.2 Å². The Bertz CT molecular complexity index is 832. The lowest BCUT2D eigenvalue weighted by Gasteiger charge is -2.27. The summed E-state index contributed by atoms with van der Waals surface area (Å²) in [6.07, 6.45) is 1.03. The molecule has 2 N–H and O–H groups in total. The van der Waals surface area contributed by atoms with Crippen LogP contribution < -0.4 is 15.0 Å². The molecule has 0 fully saturated rings. The van der Waals surface area contributed by atoms with Crippen molar-refractivity contribution in [3.8, 4) is 5.75 Å². The number of methoxy groups -OCH3 is 1. The normalized spacial score (nSPS) is 15.8. The van der Waals surface area contributed by atoms with Gasteiger partial charge in [-0.25, -0.2) is 4.79 Å². The SMILES string of the molecule is COC(=O)c1c(NC(=O)CCOc2ccccc2)sc2c1CC[NH+](C(C)C)C2. The number of fused-ring (bicyclic) bond motifs is 1. The van der Waals surface area contributed by atoms with Gasteiger partial charge in [-0.2, -0.15) is 0 Å². The summed E-state index contributed by atoms with van der Waals surface area (Å²) < 4.78 is 10.6. The molecule has 1 aromatic heterocycles. The topological polar surface area (TPSA) is 69.1 Å². The van der Waals surface area contributed by atoms with E-state index in [1.165, 1.54) is 23.3 Å². The maximum atomic E-state index is 12.4. The van der Waals surface area contributed by atoms with Gasteiger partial charge in [-0.1, -0.05) is 18.2 Å². The largest absolute Gasteiger partial charge is 0.493 e. The lowest BCUT2D eigenvalue weighted by molar-refractivity contribution is -0.936. The van der Waals surface area contributed by atoms with Gasteiger partial charge in [0.25, 0.3) is 0 Å². The van der Waals surface area contributed by atoms with Crippen molar-refractivity contribution in [3.63, 3.8) is 0 Å². The van der Waals surface area contributed by atoms with Crippen molar-refractivity contribution in [2.24, 2.45) is 0 Å². The summed E-state index contributed by atoms with van der Waals surface area (Å²) in [5, 5.41) is 3.49. The zero-order valence-electron chi connectivity index (χ0n) is 16.5. The van der Waals surface area contributed by atoms with Crippen LogP contribution in [0.15, 0.2) is 30.3 Å². The molecule has 7 heteroatoms. The van der Waals surface area contributed by atoms with Crippen molar-refractivity contribution in [1.82, 2.24) is 0 Å². The van der Waals surface area contributed by atoms with Crippen LogP contribution >= 0.6 is 11.3 Å². The highest BCUT2D eigenvalue weighted by atomic mass is 32.1. The molecule has 0 saturated heterocycles. The second-order valence-electron chi connectivity index (χ2n) is 7.15. The first kappa shape index (κ1) is 20.4. The van der Waals surface area contributed by atoms with Gasteiger partial charge in [0.05, 0.1) is 43.2 Å². The Hall–Kier alpha value is -2.38. The maximum absolute atomic E-state index is 12.4. The molecule has 0 bridgehead atoms. The molecule has 1 amide bonds. The molecule has 6 nitrogen and oxygen atoms in total. The standard InChI is InChI=1S/C21H26N2O4S/c1-14(2)23-11-9-16-17(13-23)28-20(19(16)21(25)26-3)22-18(24)10-12-27-15-7-5-4-6-8-15/h4-8,14H,9-13H2,1-3H3,(H,22,24)/p+1. The molecular formula is C21H27N2O4S+. The van der Waals surface area contributed by atoms with Gasteiger partial charge < -0.3 is 19.7 Å². The van der Waals surface area contributed by atoms with Gasteiger partial charge in [0, 0.05) is 6.42 Å². The fourth-order valence-electron chi connectivity index (χ4n) is 3.37. The summed E-state index contributed by atoms with van der Waals surface area (Å²) >= 11 is 1.49. The van der Waals surface area contributed by atoms with E-state index in [1.807, 2.05) is 30.3 Å². The van der Waals surface area contributed by atoms with Crippen molar-refractivity contribution in [2.45, 2.75) is 39.3 Å². The Kier molecular flexibility index (Phi) is 6.70. The average molecular weight is 404 g/mol. The molecule has 1 unspecified atom stereocenters. The minimum atomic E-state index is -0.388. The summed E-state index contributed by atoms with van der Waals surface area (Å²) in [5.74, 6) is 0.169. The molecule has 3 rings (SSSR count). The number of ether oxygens (including phenoxy) is 2. The predicted molar refractivity (Wildman–Crippen MR) is 109 cm³/mol. The van der Waals surface area contributed by atoms with E-state index in [0.29, 0.717) is 16.6 Å². The third kappa shape index (κ3) is 4.72. The Morgan fingerprint density at radius 2 is 2.00 bits per heavy atom. The van der Waals surface area contributed by atoms with Crippen LogP contribution in [0.2, 0.25) is 0 Å². The first-order valence-electron chi connectivity index (χ1n) is 9.54. The second-order valence-corrected chi connectivity index (χ2v) is 8.25. The van der Waals surface area contributed by atoms with Gasteiger partial charge in [-0.3, -0.25) is 4.79 Å². The molecule has 1 aliphatic rings. The fraction of sp³-hybridized carbons (Fsp3) is 0.429. The van der Waals surface area contributed by atoms with Gasteiger partial charge in [0.1, 0.15) is 17.3 Å². The number of hydrogen-bond acceptors (Lipinski definition) is 5. The molecule has 2 aromatic rings. The third-order valence-electron chi connectivity index (χ3n) is 4.97. The highest BCUT2D eigenvalue weighted by molar-refractivity contribution is 7.17. The smallest absolute Gasteiger partial charge is 0.341 e. The van der Waals surface area contributed by atoms with E-state index in [1.54, 1.807) is 0 Å². The number of quaternary nitrogens is 1. The summed E-state index contributed by atoms with van der Waals surface area (Å²) in [7, 11) is 1.38. The molecule has 150 valence electrons. The summed E-state index contributed by atoms with van der Waals surface area (Å²) in [6.45, 7) is 6.52. The Morgan fingerprint density at radius 3 is 2.68 bits per heavy atom. The fourth-order valence-corrected chi connectivity index (χ4v) is 4.67. The molecule has 1 aliphatic heterocycles. The zero-order valence-corrected chi connectivity index (χ0v) is 17.4. The zero-order chi connectivity index (χ0) is 20.1. The predicted octanol–water partition coefficient (Wildman–Crippen LogP) is 2.29. The molecule has 1 atom stereocenters. The lowest BCUT2D eigenvalue weighted by atomic mass is 10.0. The second kappa shape index (κ2) is 9.21. The first-order valence-corrected chi connectivity index (χ1v) is 10.4. The molecule has 0 saturated carbocycles. The number of amides is 1. The first-order chi connectivity index (χ1) is 13.5. The highest BCUT2D eigenvalue weighted by Crippen LogP contribution is 2.35. The molecule has 1 aromatic carbocycles. The number of carbonyl (C=O) groups is 2. The number of anilines is 1. The van der Waals surface area contributed by atoms with Crippen LogP contribution in [0.4, 0.5) is 5.00 Å². The molecule has 0 spiro atoms. The Labute approximate surface area is 169 Å². The van der Waals surface area contributed by atoms with Gasteiger partial charge in [0.15, 0.2) is 0 Å². The van der Waals surface area contributed by atoms with Crippen molar-refractivity contribution < 1.29 is 24.0 Å². The average Bonchev–Trinajstić information content (AvgIpc) is 3.05. The van der Waals surface area contributed by atoms with Gasteiger partial charge in [-0.05, 0) is 31.5 Å². The van der Waals surface area contributed by atoms with E-state index in [-0.39, 0.29) is 24.9 Å². The number of esters is 1. The van der Waals surface area contributed by atoms with Crippen molar-refractivity contribution >= 4 is 28.2 Å². The number of nitrogens with one attached hydrogen (secondary N) is 2. The number of hydrogen-bond donors (Lipinski definition) is 2. The van der Waals surface area contributed by atoms with E-state index >= 15 is 0 Å². The molecule has 0 aliphatic carbocycles. The summed E-state index contributed by atoms with van der Waals surface area (Å²) in [5.41, 5.74) is 1.54. The molecule has 2 heterocycles. The van der Waals surface area contributed by atoms with E-state index in [4.69, 9.17) is 9.47 Å². The number of para-hydroxylation sites is 1. The number of rotatable bonds is 7. The van der Waals surface area contributed by atoms with Crippen LogP contribution in [0, 0.1) is 0 Å². The number of thiophene rings is 1. The van der Waals surface area contributed by atoms with Crippen LogP contribution in [0.3, 0.4) is 0 Å². The van der Waals surface area contributed by atoms with Crippen LogP contribution in [-0.2, 0) is 22.5 Å². The van der Waals surface area contributed by atoms with Crippen LogP contribution in [0.1, 0.15) is 41.1 Å². The monoisotopic (exact) mass is 403 g/mol. The van der Waals surface area contributed by atoms with Gasteiger partial charge in [-0.15, -0.1) is 11.3 Å². The van der Waals surface area contributed by atoms with E-state index < -0.39 is 0 Å². The molecule has 0 radical (unpaired) electrons. The van der Waals surface area contributed by atoms with E-state index in [9.17, 15) is 9.59 Å². The minimum Gasteiger partial charge on any atom is -0.493 e. The summed E-state index contributed by atoms with van der Waals surface area (Å²) in [4.78, 5) is 27.4. The van der Waals surface area contributed by atoms with Crippen molar-refractivity contribution in [3.05, 3.63) is 46.3 Å². The number of carbonyl (C=O) groups excluding carboxylic acids is 2. The van der Waals surface area contributed by atoms with Gasteiger partial charge >= 0.3 is 5.97 Å². The van der Waals surface area contributed by atoms with Gasteiger partial charge in [0.2, 0.25) is 5.91 Å². The quantitative estimate of drug-likeness (QED) is 0.696. The minimum absolute atomic E-state index is 0.173. The molecular weight excluding hydrogens is 376 g/mol. The van der Waals surface area contributed by atoms with E-state index in [2.05, 4.69) is 19.2 Å².